The van der Waals surface area contributed by atoms with E-state index < -0.39 is 0 Å². The lowest BCUT2D eigenvalue weighted by atomic mass is 10.4. The van der Waals surface area contributed by atoms with Crippen LogP contribution in [0.5, 0.6) is 0 Å². The molecule has 1 heterocycles. The van der Waals surface area contributed by atoms with Crippen molar-refractivity contribution in [3.63, 3.8) is 0 Å². The summed E-state index contributed by atoms with van der Waals surface area (Å²) in [6.07, 6.45) is 1.45. The van der Waals surface area contributed by atoms with Crippen LogP contribution in [-0.2, 0) is 0 Å². The molecular weight excluding hydrogens is 230 g/mol. The molecule has 0 unspecified atom stereocenters. The fraction of sp³-hybridized carbons (Fsp3) is 0. The van der Waals surface area contributed by atoms with E-state index in [0.717, 1.165) is 9.92 Å². The van der Waals surface area contributed by atoms with Crippen molar-refractivity contribution < 1.29 is 0 Å². The first-order valence-corrected chi connectivity index (χ1v) is 5.44. The van der Waals surface area contributed by atoms with E-state index in [4.69, 9.17) is 17.3 Å². The molecule has 76 valence electrons. The van der Waals surface area contributed by atoms with Gasteiger partial charge in [-0.2, -0.15) is 0 Å². The Kier molecular flexibility index (Phi) is 3.08. The van der Waals surface area contributed by atoms with Gasteiger partial charge in [-0.15, -0.1) is 0 Å². The molecule has 2 aromatic rings. The highest BCUT2D eigenvalue weighted by Gasteiger charge is 2.00. The largest absolute Gasteiger partial charge is 0.384 e. The van der Waals surface area contributed by atoms with Crippen LogP contribution in [-0.4, -0.2) is 9.97 Å². The van der Waals surface area contributed by atoms with Crippen LogP contribution >= 0.6 is 23.4 Å². The first-order chi connectivity index (χ1) is 7.24. The second kappa shape index (κ2) is 4.51. The number of nitrogens with zero attached hydrogens (tertiary/aromatic N) is 2. The minimum Gasteiger partial charge on any atom is -0.384 e. The van der Waals surface area contributed by atoms with Gasteiger partial charge in [0.25, 0.3) is 0 Å². The van der Waals surface area contributed by atoms with E-state index in [1.807, 2.05) is 24.3 Å². The summed E-state index contributed by atoms with van der Waals surface area (Å²) in [6, 6.07) is 9.31. The van der Waals surface area contributed by atoms with Crippen molar-refractivity contribution in [2.45, 2.75) is 9.92 Å². The van der Waals surface area contributed by atoms with Crippen molar-refractivity contribution in [2.75, 3.05) is 5.73 Å². The number of anilines is 1. The second-order valence-electron chi connectivity index (χ2n) is 2.84. The molecule has 0 atom stereocenters. The van der Waals surface area contributed by atoms with Crippen LogP contribution in [0.3, 0.4) is 0 Å². The van der Waals surface area contributed by atoms with Gasteiger partial charge in [-0.3, -0.25) is 0 Å². The lowest BCUT2D eigenvalue weighted by Crippen LogP contribution is -1.91. The smallest absolute Gasteiger partial charge is 0.127 e. The van der Waals surface area contributed by atoms with Crippen LogP contribution in [0.4, 0.5) is 5.82 Å². The van der Waals surface area contributed by atoms with Gasteiger partial charge >= 0.3 is 0 Å². The molecule has 0 aliphatic carbocycles. The maximum absolute atomic E-state index is 5.87. The Morgan fingerprint density at radius 1 is 1.20 bits per heavy atom. The maximum Gasteiger partial charge on any atom is 0.127 e. The Morgan fingerprint density at radius 3 is 2.80 bits per heavy atom. The molecule has 1 aromatic heterocycles. The molecule has 0 spiro atoms. The lowest BCUT2D eigenvalue weighted by molar-refractivity contribution is 1.05. The minimum absolute atomic E-state index is 0.467. The fourth-order valence-corrected chi connectivity index (χ4v) is 2.17. The van der Waals surface area contributed by atoms with Crippen LogP contribution < -0.4 is 5.73 Å². The van der Waals surface area contributed by atoms with Gasteiger partial charge in [0.2, 0.25) is 0 Å². The van der Waals surface area contributed by atoms with Gasteiger partial charge in [0.15, 0.2) is 0 Å². The molecule has 0 amide bonds. The molecule has 0 saturated heterocycles. The summed E-state index contributed by atoms with van der Waals surface area (Å²) in [5, 5.41) is 1.52. The lowest BCUT2D eigenvalue weighted by Gasteiger charge is -2.01. The van der Waals surface area contributed by atoms with Crippen LogP contribution in [0.1, 0.15) is 0 Å². The number of hydrogen-bond acceptors (Lipinski definition) is 4. The summed E-state index contributed by atoms with van der Waals surface area (Å²) in [4.78, 5) is 8.95. The minimum atomic E-state index is 0.467. The summed E-state index contributed by atoms with van der Waals surface area (Å²) < 4.78 is 0. The molecule has 2 rings (SSSR count). The molecule has 0 fully saturated rings. The summed E-state index contributed by atoms with van der Waals surface area (Å²) in [5.41, 5.74) is 5.55. The van der Waals surface area contributed by atoms with Gasteiger partial charge in [0.05, 0.1) is 0 Å². The van der Waals surface area contributed by atoms with Crippen molar-refractivity contribution in [1.82, 2.24) is 9.97 Å². The molecule has 0 bridgehead atoms. The first-order valence-electron chi connectivity index (χ1n) is 4.25. The highest BCUT2D eigenvalue weighted by Crippen LogP contribution is 2.27. The van der Waals surface area contributed by atoms with Crippen molar-refractivity contribution in [2.24, 2.45) is 0 Å². The molecule has 15 heavy (non-hydrogen) atoms. The van der Waals surface area contributed by atoms with E-state index in [1.54, 1.807) is 6.07 Å². The number of nitrogen functional groups attached to an aromatic ring is 1. The summed E-state index contributed by atoms with van der Waals surface area (Å²) in [7, 11) is 0. The van der Waals surface area contributed by atoms with E-state index >= 15 is 0 Å². The zero-order chi connectivity index (χ0) is 10.7. The summed E-state index contributed by atoms with van der Waals surface area (Å²) in [5.74, 6) is 0.467. The Bertz CT molecular complexity index is 432. The topological polar surface area (TPSA) is 51.8 Å². The zero-order valence-corrected chi connectivity index (χ0v) is 9.29. The van der Waals surface area contributed by atoms with Crippen molar-refractivity contribution in [1.29, 1.82) is 0 Å². The third-order valence-corrected chi connectivity index (χ3v) is 2.84. The highest BCUT2D eigenvalue weighted by atomic mass is 35.5. The number of nitrogens with two attached hydrogens (primary N) is 1. The predicted molar refractivity (Wildman–Crippen MR) is 62.0 cm³/mol. The molecule has 0 saturated carbocycles. The zero-order valence-electron chi connectivity index (χ0n) is 7.72. The van der Waals surface area contributed by atoms with Gasteiger partial charge in [-0.05, 0) is 18.2 Å². The van der Waals surface area contributed by atoms with Crippen molar-refractivity contribution in [3.05, 3.63) is 41.7 Å². The Balaban J connectivity index is 2.22. The van der Waals surface area contributed by atoms with Crippen molar-refractivity contribution in [3.8, 4) is 0 Å². The summed E-state index contributed by atoms with van der Waals surface area (Å²) >= 11 is 7.37. The van der Waals surface area contributed by atoms with Gasteiger partial charge in [-0.25, -0.2) is 9.97 Å². The van der Waals surface area contributed by atoms with Crippen LogP contribution in [0, 0.1) is 0 Å². The normalized spacial score (nSPS) is 10.2. The van der Waals surface area contributed by atoms with E-state index in [-0.39, 0.29) is 0 Å². The van der Waals surface area contributed by atoms with E-state index in [9.17, 15) is 0 Å². The van der Waals surface area contributed by atoms with Gasteiger partial charge in [0, 0.05) is 16.0 Å². The molecule has 0 aliphatic heterocycles. The number of aromatic nitrogens is 2. The monoisotopic (exact) mass is 237 g/mol. The Labute approximate surface area is 96.7 Å². The third-order valence-electron chi connectivity index (χ3n) is 1.68. The van der Waals surface area contributed by atoms with E-state index in [1.165, 1.54) is 18.1 Å². The van der Waals surface area contributed by atoms with Gasteiger partial charge < -0.3 is 5.73 Å². The van der Waals surface area contributed by atoms with Crippen LogP contribution in [0.2, 0.25) is 5.02 Å². The average molecular weight is 238 g/mol. The standard InChI is InChI=1S/C10H8ClN3S/c11-7-2-1-3-8(4-7)15-10-5-9(12)13-6-14-10/h1-6H,(H2,12,13,14). The second-order valence-corrected chi connectivity index (χ2v) is 4.37. The van der Waals surface area contributed by atoms with E-state index in [0.29, 0.717) is 10.8 Å². The number of halogens is 1. The SMILES string of the molecule is Nc1cc(Sc2cccc(Cl)c2)ncn1. The molecule has 0 radical (unpaired) electrons. The van der Waals surface area contributed by atoms with Gasteiger partial charge in [-0.1, -0.05) is 29.4 Å². The molecule has 3 nitrogen and oxygen atoms in total. The third kappa shape index (κ3) is 2.84. The van der Waals surface area contributed by atoms with Gasteiger partial charge in [0.1, 0.15) is 17.2 Å². The number of hydrogen-bond donors (Lipinski definition) is 1. The molecule has 2 N–H and O–H groups in total. The van der Waals surface area contributed by atoms with Crippen LogP contribution in [0.15, 0.2) is 46.6 Å². The highest BCUT2D eigenvalue weighted by molar-refractivity contribution is 7.99. The Morgan fingerprint density at radius 2 is 2.07 bits per heavy atom. The Hall–Kier alpha value is -1.26. The first kappa shape index (κ1) is 10.3. The molecule has 1 aromatic carbocycles. The molecule has 5 heteroatoms. The fourth-order valence-electron chi connectivity index (χ4n) is 1.06. The van der Waals surface area contributed by atoms with E-state index in [2.05, 4.69) is 9.97 Å². The summed E-state index contributed by atoms with van der Waals surface area (Å²) in [6.45, 7) is 0. The van der Waals surface area contributed by atoms with Crippen LogP contribution in [0.25, 0.3) is 0 Å². The quantitative estimate of drug-likeness (QED) is 0.816. The number of benzene rings is 1. The predicted octanol–water partition coefficient (Wildman–Crippen LogP) is 2.86. The average Bonchev–Trinajstić information content (AvgIpc) is 2.17. The molecule has 0 aliphatic rings. The van der Waals surface area contributed by atoms with Crippen molar-refractivity contribution >= 4 is 29.2 Å². The maximum atomic E-state index is 5.87. The number of rotatable bonds is 2. The molecular formula is C10H8ClN3S.